The molecule has 3 heteroatoms. The monoisotopic (exact) mass is 215 g/mol. The van der Waals surface area contributed by atoms with Gasteiger partial charge in [-0.1, -0.05) is 13.3 Å². The molecule has 0 aromatic rings. The first kappa shape index (κ1) is 10.8. The molecule has 0 radical (unpaired) electrons. The van der Waals surface area contributed by atoms with Gasteiger partial charge in [-0.15, -0.1) is 0 Å². The van der Waals surface area contributed by atoms with Gasteiger partial charge in [0.1, 0.15) is 0 Å². The van der Waals surface area contributed by atoms with Crippen molar-refractivity contribution >= 4 is 11.8 Å². The van der Waals surface area contributed by atoms with E-state index in [4.69, 9.17) is 4.74 Å². The Labute approximate surface area is 91.2 Å². The first-order chi connectivity index (χ1) is 6.87. The summed E-state index contributed by atoms with van der Waals surface area (Å²) in [6, 6.07) is 0.606. The molecule has 2 atom stereocenters. The van der Waals surface area contributed by atoms with Gasteiger partial charge < -0.3 is 10.1 Å². The van der Waals surface area contributed by atoms with Gasteiger partial charge in [0.05, 0.1) is 12.2 Å². The van der Waals surface area contributed by atoms with Gasteiger partial charge >= 0.3 is 0 Å². The van der Waals surface area contributed by atoms with Gasteiger partial charge in [0.25, 0.3) is 0 Å². The zero-order chi connectivity index (χ0) is 9.86. The van der Waals surface area contributed by atoms with Crippen molar-refractivity contribution in [3.8, 4) is 0 Å². The van der Waals surface area contributed by atoms with Gasteiger partial charge in [-0.05, 0) is 25.0 Å². The van der Waals surface area contributed by atoms with E-state index in [-0.39, 0.29) is 5.60 Å². The van der Waals surface area contributed by atoms with Crippen LogP contribution in [0.2, 0.25) is 0 Å². The molecule has 14 heavy (non-hydrogen) atoms. The van der Waals surface area contributed by atoms with Crippen LogP contribution in [0.1, 0.15) is 32.6 Å². The van der Waals surface area contributed by atoms with Crippen molar-refractivity contribution in [3.63, 3.8) is 0 Å². The SMILES string of the molecule is CCCC1NCCOC12CCCSC2. The average Bonchev–Trinajstić information content (AvgIpc) is 2.23. The van der Waals surface area contributed by atoms with Gasteiger partial charge in [0.15, 0.2) is 0 Å². The Balaban J connectivity index is 2.02. The van der Waals surface area contributed by atoms with Crippen LogP contribution in [0, 0.1) is 0 Å². The largest absolute Gasteiger partial charge is 0.371 e. The van der Waals surface area contributed by atoms with Gasteiger partial charge in [-0.3, -0.25) is 0 Å². The second-order valence-corrected chi connectivity index (χ2v) is 5.47. The zero-order valence-electron chi connectivity index (χ0n) is 9.05. The molecule has 2 unspecified atom stereocenters. The predicted octanol–water partition coefficient (Wildman–Crippen LogP) is 2.04. The molecule has 2 aliphatic heterocycles. The maximum absolute atomic E-state index is 6.09. The molecule has 1 N–H and O–H groups in total. The fourth-order valence-corrected chi connectivity index (χ4v) is 3.87. The molecule has 0 amide bonds. The molecule has 1 spiro atoms. The summed E-state index contributed by atoms with van der Waals surface area (Å²) in [4.78, 5) is 0. The highest BCUT2D eigenvalue weighted by Gasteiger charge is 2.42. The number of hydrogen-bond donors (Lipinski definition) is 1. The van der Waals surface area contributed by atoms with Gasteiger partial charge in [-0.2, -0.15) is 11.8 Å². The quantitative estimate of drug-likeness (QED) is 0.761. The Morgan fingerprint density at radius 1 is 1.57 bits per heavy atom. The summed E-state index contributed by atoms with van der Waals surface area (Å²) in [6.07, 6.45) is 5.11. The van der Waals surface area contributed by atoms with Gasteiger partial charge in [-0.25, -0.2) is 0 Å². The molecule has 2 aliphatic rings. The van der Waals surface area contributed by atoms with Crippen LogP contribution in [0.4, 0.5) is 0 Å². The lowest BCUT2D eigenvalue weighted by molar-refractivity contribution is -0.0891. The number of nitrogens with one attached hydrogen (secondary N) is 1. The molecule has 2 nitrogen and oxygen atoms in total. The van der Waals surface area contributed by atoms with Crippen molar-refractivity contribution in [2.45, 2.75) is 44.2 Å². The van der Waals surface area contributed by atoms with Crippen LogP contribution in [0.25, 0.3) is 0 Å². The van der Waals surface area contributed by atoms with E-state index in [1.807, 2.05) is 0 Å². The van der Waals surface area contributed by atoms with E-state index in [1.165, 1.54) is 37.2 Å². The van der Waals surface area contributed by atoms with E-state index in [2.05, 4.69) is 24.0 Å². The molecule has 2 saturated heterocycles. The van der Waals surface area contributed by atoms with E-state index in [9.17, 15) is 0 Å². The van der Waals surface area contributed by atoms with E-state index < -0.39 is 0 Å². The summed E-state index contributed by atoms with van der Waals surface area (Å²) in [7, 11) is 0. The van der Waals surface area contributed by atoms with Crippen LogP contribution in [0.5, 0.6) is 0 Å². The molecule has 2 heterocycles. The lowest BCUT2D eigenvalue weighted by Gasteiger charge is -2.46. The van der Waals surface area contributed by atoms with Gasteiger partial charge in [0, 0.05) is 18.3 Å². The van der Waals surface area contributed by atoms with Crippen LogP contribution in [0.15, 0.2) is 0 Å². The van der Waals surface area contributed by atoms with Crippen molar-refractivity contribution in [2.24, 2.45) is 0 Å². The third-order valence-corrected chi connectivity index (χ3v) is 4.60. The maximum Gasteiger partial charge on any atom is 0.0925 e. The number of hydrogen-bond acceptors (Lipinski definition) is 3. The maximum atomic E-state index is 6.09. The summed E-state index contributed by atoms with van der Waals surface area (Å²) in [6.45, 7) is 4.21. The van der Waals surface area contributed by atoms with Crippen LogP contribution >= 0.6 is 11.8 Å². The van der Waals surface area contributed by atoms with Crippen LogP contribution in [-0.4, -0.2) is 36.3 Å². The Hall–Kier alpha value is 0.270. The molecule has 0 aromatic heterocycles. The van der Waals surface area contributed by atoms with Crippen molar-refractivity contribution in [1.29, 1.82) is 0 Å². The predicted molar refractivity (Wildman–Crippen MR) is 61.9 cm³/mol. The summed E-state index contributed by atoms with van der Waals surface area (Å²) in [5, 5.41) is 3.64. The summed E-state index contributed by atoms with van der Waals surface area (Å²) >= 11 is 2.06. The lowest BCUT2D eigenvalue weighted by atomic mass is 9.86. The summed E-state index contributed by atoms with van der Waals surface area (Å²) in [5.74, 6) is 2.52. The van der Waals surface area contributed by atoms with Crippen LogP contribution in [-0.2, 0) is 4.74 Å². The highest BCUT2D eigenvalue weighted by Crippen LogP contribution is 2.35. The number of thioether (sulfide) groups is 1. The average molecular weight is 215 g/mol. The standard InChI is InChI=1S/C11H21NOS/c1-2-4-10-11(13-7-6-12-10)5-3-8-14-9-11/h10,12H,2-9H2,1H3. The second-order valence-electron chi connectivity index (χ2n) is 4.36. The van der Waals surface area contributed by atoms with E-state index in [0.29, 0.717) is 6.04 Å². The Kier molecular flexibility index (Phi) is 3.74. The molecular formula is C11H21NOS. The molecule has 2 fully saturated rings. The Morgan fingerprint density at radius 3 is 3.21 bits per heavy atom. The van der Waals surface area contributed by atoms with Crippen molar-refractivity contribution in [3.05, 3.63) is 0 Å². The van der Waals surface area contributed by atoms with Crippen molar-refractivity contribution in [2.75, 3.05) is 24.7 Å². The lowest BCUT2D eigenvalue weighted by Crippen LogP contribution is -2.60. The molecule has 0 aliphatic carbocycles. The molecule has 0 saturated carbocycles. The summed E-state index contributed by atoms with van der Waals surface area (Å²) < 4.78 is 6.09. The van der Waals surface area contributed by atoms with Crippen LogP contribution in [0.3, 0.4) is 0 Å². The minimum atomic E-state index is 0.178. The topological polar surface area (TPSA) is 21.3 Å². The minimum absolute atomic E-state index is 0.178. The minimum Gasteiger partial charge on any atom is -0.371 e. The van der Waals surface area contributed by atoms with E-state index in [1.54, 1.807) is 0 Å². The van der Waals surface area contributed by atoms with E-state index in [0.717, 1.165) is 13.2 Å². The molecule has 2 rings (SSSR count). The molecule has 0 aromatic carbocycles. The first-order valence-electron chi connectivity index (χ1n) is 5.82. The normalized spacial score (nSPS) is 38.8. The molecule has 0 bridgehead atoms. The fraction of sp³-hybridized carbons (Fsp3) is 1.00. The number of morpholine rings is 1. The smallest absolute Gasteiger partial charge is 0.0925 e. The third-order valence-electron chi connectivity index (χ3n) is 3.33. The highest BCUT2D eigenvalue weighted by molar-refractivity contribution is 7.99. The molecular weight excluding hydrogens is 194 g/mol. The van der Waals surface area contributed by atoms with Crippen molar-refractivity contribution < 1.29 is 4.74 Å². The third kappa shape index (κ3) is 2.10. The Morgan fingerprint density at radius 2 is 2.50 bits per heavy atom. The Bertz CT molecular complexity index is 170. The number of rotatable bonds is 2. The van der Waals surface area contributed by atoms with Gasteiger partial charge in [0.2, 0.25) is 0 Å². The summed E-state index contributed by atoms with van der Waals surface area (Å²) in [5.41, 5.74) is 0.178. The number of ether oxygens (including phenoxy) is 1. The second kappa shape index (κ2) is 4.86. The van der Waals surface area contributed by atoms with E-state index >= 15 is 0 Å². The first-order valence-corrected chi connectivity index (χ1v) is 6.98. The van der Waals surface area contributed by atoms with Crippen LogP contribution < -0.4 is 5.32 Å². The highest BCUT2D eigenvalue weighted by atomic mass is 32.2. The van der Waals surface area contributed by atoms with Crippen molar-refractivity contribution in [1.82, 2.24) is 5.32 Å². The zero-order valence-corrected chi connectivity index (χ0v) is 9.87. The fourth-order valence-electron chi connectivity index (χ4n) is 2.61. The molecule has 82 valence electrons.